The molecule has 0 aliphatic heterocycles. The third kappa shape index (κ3) is 357. The number of halogens is 6. The summed E-state index contributed by atoms with van der Waals surface area (Å²) in [5.74, 6) is 0. The molecule has 0 nitrogen and oxygen atoms in total. The van der Waals surface area contributed by atoms with Crippen LogP contribution in [0.15, 0.2) is 0 Å². The largest absolute Gasteiger partial charge is 6.00 e. The molecule has 0 spiro atoms. The van der Waals surface area contributed by atoms with Crippen LogP contribution in [0.2, 0.25) is 0 Å². The summed E-state index contributed by atoms with van der Waals surface area (Å²) in [6, 6.07) is 0. The summed E-state index contributed by atoms with van der Waals surface area (Å²) in [4.78, 5) is 0. The van der Waals surface area contributed by atoms with Crippen molar-refractivity contribution in [1.29, 1.82) is 0 Å². The summed E-state index contributed by atoms with van der Waals surface area (Å²) < 4.78 is 0. The molecule has 0 unspecified atom stereocenters. The van der Waals surface area contributed by atoms with Crippen LogP contribution >= 0.6 is 0 Å². The van der Waals surface area contributed by atoms with Gasteiger partial charge in [-0.05, 0) is 0 Å². The minimum absolute atomic E-state index is 0. The Balaban J connectivity index is 0. The molecule has 0 heterocycles. The molecule has 0 fully saturated rings. The van der Waals surface area contributed by atoms with Gasteiger partial charge in [-0.3, -0.25) is 0 Å². The molecule has 0 amide bonds. The molecule has 0 bridgehead atoms. The number of hydrogen-bond donors (Lipinski definition) is 0. The Morgan fingerprint density at radius 3 is 0.375 bits per heavy atom. The Morgan fingerprint density at radius 1 is 0.375 bits per heavy atom. The van der Waals surface area contributed by atoms with Crippen molar-refractivity contribution in [2.45, 2.75) is 0 Å². The van der Waals surface area contributed by atoms with Crippen molar-refractivity contribution >= 4 is 17.4 Å². The van der Waals surface area contributed by atoms with Gasteiger partial charge in [-0.15, -0.1) is 0 Å². The summed E-state index contributed by atoms with van der Waals surface area (Å²) >= 11 is 0. The molecule has 0 aliphatic carbocycles. The van der Waals surface area contributed by atoms with E-state index >= 15 is 0 Å². The monoisotopic (exact) mass is 328 g/mol. The van der Waals surface area contributed by atoms with Crippen molar-refractivity contribution in [1.82, 2.24) is 0 Å². The third-order valence-electron chi connectivity index (χ3n) is 0. The third-order valence-corrected chi connectivity index (χ3v) is 0. The van der Waals surface area contributed by atoms with E-state index in [0.29, 0.717) is 0 Å². The summed E-state index contributed by atoms with van der Waals surface area (Å²) in [6.07, 6.45) is 0. The predicted octanol–water partition coefficient (Wildman–Crippen LogP) is -19.2. The Morgan fingerprint density at radius 2 is 0.375 bits per heavy atom. The molecule has 0 aliphatic rings. The minimum Gasteiger partial charge on any atom is -1.00 e. The molecule has 0 atom stereocenters. The molecule has 8 heavy (non-hydrogen) atoms. The average molecular weight is 328 g/mol. The van der Waals surface area contributed by atoms with E-state index in [4.69, 9.17) is 0 Å². The summed E-state index contributed by atoms with van der Waals surface area (Å²) in [5, 5.41) is 0. The Kier molecular flexibility index (Phi) is 58700. The first-order valence-electron chi connectivity index (χ1n) is 0. The van der Waals surface area contributed by atoms with Crippen molar-refractivity contribution < 1.29 is 49.3 Å². The van der Waals surface area contributed by atoms with Gasteiger partial charge >= 0.3 is 21.1 Å². The molecule has 0 rings (SSSR count). The fraction of sp³-hybridized carbons (Fsp3) is 0. The van der Waals surface area contributed by atoms with E-state index in [-0.39, 0.29) is 66.7 Å². The van der Waals surface area contributed by atoms with Gasteiger partial charge in [-0.1, -0.05) is 0 Å². The van der Waals surface area contributed by atoms with Gasteiger partial charge in [-0.2, -0.15) is 0 Å². The van der Waals surface area contributed by atoms with E-state index in [1.54, 1.807) is 0 Å². The molecule has 8 heteroatoms. The molecule has 0 saturated carbocycles. The van der Waals surface area contributed by atoms with Crippen LogP contribution in [-0.4, -0.2) is 17.4 Å². The molecule has 0 aromatic rings. The first kappa shape index (κ1) is 835. The maximum atomic E-state index is 0. The standard InChI is InChI=1S/Al.6FH.W.3H/h;6*1H;;;;/q;;;;;;;+6;;;/p-6. The van der Waals surface area contributed by atoms with Gasteiger partial charge in [0.2, 0.25) is 0 Å². The number of hydrogen-bond acceptors (Lipinski definition) is 0. The smallest absolute Gasteiger partial charge is 1.00 e. The molecule has 0 N–H and O–H groups in total. The van der Waals surface area contributed by atoms with Crippen LogP contribution in [0.4, 0.5) is 0 Å². The van der Waals surface area contributed by atoms with E-state index in [1.165, 1.54) is 0 Å². The predicted molar refractivity (Wildman–Crippen MR) is 9.94 cm³/mol. The molecule has 0 aromatic heterocycles. The van der Waals surface area contributed by atoms with Crippen LogP contribution < -0.4 is 28.2 Å². The van der Waals surface area contributed by atoms with Gasteiger partial charge in [0.05, 0.1) is 0 Å². The van der Waals surface area contributed by atoms with E-state index in [9.17, 15) is 0 Å². The Labute approximate surface area is 67.0 Å². The van der Waals surface area contributed by atoms with Gasteiger partial charge in [0, 0.05) is 0 Å². The molecule has 54 valence electrons. The SMILES string of the molecule is [AlH3].[F-].[F-].[F-].[F-].[F-].[F-].[W+6]. The van der Waals surface area contributed by atoms with Crippen molar-refractivity contribution in [2.24, 2.45) is 0 Å². The average Bonchev–Trinajstić information content (AvgIpc) is 0. The van der Waals surface area contributed by atoms with E-state index in [0.717, 1.165) is 0 Å². The van der Waals surface area contributed by atoms with Gasteiger partial charge in [0.1, 0.15) is 0 Å². The Bertz CT molecular complexity index is 8.49. The number of rotatable bonds is 0. The maximum Gasteiger partial charge on any atom is 6.00 e. The first-order chi connectivity index (χ1) is 0. The molecule has 0 saturated heterocycles. The van der Waals surface area contributed by atoms with Crippen LogP contribution in [0, 0.1) is 0 Å². The van der Waals surface area contributed by atoms with Crippen LogP contribution in [0.3, 0.4) is 0 Å². The first-order valence-corrected chi connectivity index (χ1v) is 0. The van der Waals surface area contributed by atoms with Crippen LogP contribution in [0.5, 0.6) is 0 Å². The summed E-state index contributed by atoms with van der Waals surface area (Å²) in [5.41, 5.74) is 0. The summed E-state index contributed by atoms with van der Waals surface area (Å²) in [6.45, 7) is 0. The van der Waals surface area contributed by atoms with Gasteiger partial charge in [0.15, 0.2) is 17.4 Å². The quantitative estimate of drug-likeness (QED) is 0.306. The fourth-order valence-corrected chi connectivity index (χ4v) is 0. The van der Waals surface area contributed by atoms with E-state index < -0.39 is 0 Å². The zero-order chi connectivity index (χ0) is 0. The second kappa shape index (κ2) is 563. The van der Waals surface area contributed by atoms with Crippen molar-refractivity contribution in [3.63, 3.8) is 0 Å². The molecular formula is H3AlF6W. The molecular weight excluding hydrogens is 325 g/mol. The van der Waals surface area contributed by atoms with E-state index in [1.807, 2.05) is 0 Å². The molecule has 0 aromatic carbocycles. The normalized spacial score (nSPS) is 0. The topological polar surface area (TPSA) is 0 Å². The van der Waals surface area contributed by atoms with Crippen LogP contribution in [0.25, 0.3) is 0 Å². The Hall–Kier alpha value is 0.801. The van der Waals surface area contributed by atoms with Gasteiger partial charge in [0.25, 0.3) is 0 Å². The minimum atomic E-state index is 0. The fourth-order valence-electron chi connectivity index (χ4n) is 0. The van der Waals surface area contributed by atoms with Crippen molar-refractivity contribution in [3.05, 3.63) is 0 Å². The van der Waals surface area contributed by atoms with Gasteiger partial charge < -0.3 is 28.2 Å². The van der Waals surface area contributed by atoms with Crippen molar-refractivity contribution in [2.75, 3.05) is 0 Å². The van der Waals surface area contributed by atoms with Crippen LogP contribution in [0.1, 0.15) is 0 Å². The van der Waals surface area contributed by atoms with E-state index in [2.05, 4.69) is 0 Å². The zero-order valence-corrected chi connectivity index (χ0v) is 5.61. The second-order valence-corrected chi connectivity index (χ2v) is 0. The van der Waals surface area contributed by atoms with Gasteiger partial charge in [-0.25, -0.2) is 0 Å². The van der Waals surface area contributed by atoms with Crippen molar-refractivity contribution in [3.8, 4) is 0 Å². The van der Waals surface area contributed by atoms with Crippen LogP contribution in [-0.2, 0) is 21.1 Å². The zero-order valence-electron chi connectivity index (χ0n) is 2.68. The molecule has 0 radical (unpaired) electrons. The second-order valence-electron chi connectivity index (χ2n) is 0. The summed E-state index contributed by atoms with van der Waals surface area (Å²) in [7, 11) is 0. The maximum absolute atomic E-state index is 0.